The van der Waals surface area contributed by atoms with Crippen LogP contribution in [0, 0.1) is 18.3 Å². The van der Waals surface area contributed by atoms with E-state index in [0.29, 0.717) is 0 Å². The minimum Gasteiger partial charge on any atom is -0.0654 e. The summed E-state index contributed by atoms with van der Waals surface area (Å²) in [5, 5.41) is 0. The molecular formula is C21H41. The SMILES string of the molecule is CCC[CH]C(CCCCCCCCCC)CCCC1CC1. The predicted octanol–water partition coefficient (Wildman–Crippen LogP) is 7.72. The summed E-state index contributed by atoms with van der Waals surface area (Å²) in [6.45, 7) is 4.62. The van der Waals surface area contributed by atoms with E-state index in [1.165, 1.54) is 103 Å². The first-order valence-corrected chi connectivity index (χ1v) is 10.2. The molecule has 125 valence electrons. The first-order chi connectivity index (χ1) is 10.4. The molecule has 0 nitrogen and oxygen atoms in total. The monoisotopic (exact) mass is 293 g/mol. The third kappa shape index (κ3) is 12.2. The zero-order valence-corrected chi connectivity index (χ0v) is 15.0. The van der Waals surface area contributed by atoms with E-state index in [0.717, 1.165) is 11.8 Å². The van der Waals surface area contributed by atoms with Crippen LogP contribution in [0.2, 0.25) is 0 Å². The van der Waals surface area contributed by atoms with Crippen LogP contribution in [0.5, 0.6) is 0 Å². The maximum atomic E-state index is 2.65. The Bertz CT molecular complexity index is 204. The molecule has 0 spiro atoms. The second-order valence-corrected chi connectivity index (χ2v) is 7.42. The molecule has 0 saturated heterocycles. The number of rotatable bonds is 16. The minimum atomic E-state index is 0.934. The summed E-state index contributed by atoms with van der Waals surface area (Å²) in [4.78, 5) is 0. The first-order valence-electron chi connectivity index (χ1n) is 10.2. The molecule has 1 rings (SSSR count). The molecule has 0 heterocycles. The topological polar surface area (TPSA) is 0 Å². The van der Waals surface area contributed by atoms with Crippen molar-refractivity contribution in [2.24, 2.45) is 11.8 Å². The predicted molar refractivity (Wildman–Crippen MR) is 96.5 cm³/mol. The quantitative estimate of drug-likeness (QED) is 0.255. The highest BCUT2D eigenvalue weighted by molar-refractivity contribution is 4.78. The van der Waals surface area contributed by atoms with Crippen LogP contribution < -0.4 is 0 Å². The van der Waals surface area contributed by atoms with Crippen LogP contribution in [0.4, 0.5) is 0 Å². The molecule has 21 heavy (non-hydrogen) atoms. The fourth-order valence-electron chi connectivity index (χ4n) is 3.40. The average Bonchev–Trinajstić information content (AvgIpc) is 3.31. The van der Waals surface area contributed by atoms with Crippen molar-refractivity contribution in [3.05, 3.63) is 6.42 Å². The second kappa shape index (κ2) is 13.6. The van der Waals surface area contributed by atoms with Gasteiger partial charge in [0.25, 0.3) is 0 Å². The van der Waals surface area contributed by atoms with E-state index in [9.17, 15) is 0 Å². The molecule has 1 radical (unpaired) electrons. The van der Waals surface area contributed by atoms with Crippen molar-refractivity contribution in [2.45, 2.75) is 117 Å². The van der Waals surface area contributed by atoms with Crippen molar-refractivity contribution < 1.29 is 0 Å². The van der Waals surface area contributed by atoms with Gasteiger partial charge in [-0.25, -0.2) is 0 Å². The van der Waals surface area contributed by atoms with Crippen molar-refractivity contribution in [3.8, 4) is 0 Å². The molecule has 0 aromatic heterocycles. The molecule has 0 aromatic carbocycles. The zero-order chi connectivity index (χ0) is 15.2. The fourth-order valence-corrected chi connectivity index (χ4v) is 3.40. The molecule has 0 heteroatoms. The van der Waals surface area contributed by atoms with Crippen LogP contribution in [-0.4, -0.2) is 0 Å². The van der Waals surface area contributed by atoms with Gasteiger partial charge in [-0.15, -0.1) is 0 Å². The summed E-state index contributed by atoms with van der Waals surface area (Å²) < 4.78 is 0. The maximum absolute atomic E-state index is 2.65. The summed E-state index contributed by atoms with van der Waals surface area (Å²) in [6.07, 6.45) is 26.0. The highest BCUT2D eigenvalue weighted by Crippen LogP contribution is 2.35. The van der Waals surface area contributed by atoms with Gasteiger partial charge in [0.2, 0.25) is 0 Å². The molecule has 1 aliphatic rings. The van der Waals surface area contributed by atoms with Crippen LogP contribution in [-0.2, 0) is 0 Å². The van der Waals surface area contributed by atoms with Crippen LogP contribution >= 0.6 is 0 Å². The van der Waals surface area contributed by atoms with Gasteiger partial charge in [-0.05, 0) is 18.3 Å². The van der Waals surface area contributed by atoms with Gasteiger partial charge >= 0.3 is 0 Å². The Morgan fingerprint density at radius 3 is 2.00 bits per heavy atom. The van der Waals surface area contributed by atoms with Crippen molar-refractivity contribution in [2.75, 3.05) is 0 Å². The van der Waals surface area contributed by atoms with Crippen molar-refractivity contribution in [1.82, 2.24) is 0 Å². The molecular weight excluding hydrogens is 252 g/mol. The number of hydrogen-bond donors (Lipinski definition) is 0. The third-order valence-electron chi connectivity index (χ3n) is 5.10. The lowest BCUT2D eigenvalue weighted by atomic mass is 9.90. The lowest BCUT2D eigenvalue weighted by Gasteiger charge is -2.16. The molecule has 0 bridgehead atoms. The Hall–Kier alpha value is 0. The van der Waals surface area contributed by atoms with E-state index in [-0.39, 0.29) is 0 Å². The van der Waals surface area contributed by atoms with E-state index >= 15 is 0 Å². The summed E-state index contributed by atoms with van der Waals surface area (Å²) >= 11 is 0. The lowest BCUT2D eigenvalue weighted by molar-refractivity contribution is 0.434. The first kappa shape index (κ1) is 19.0. The van der Waals surface area contributed by atoms with E-state index < -0.39 is 0 Å². The van der Waals surface area contributed by atoms with Gasteiger partial charge in [0.15, 0.2) is 0 Å². The van der Waals surface area contributed by atoms with Gasteiger partial charge in [0.05, 0.1) is 0 Å². The number of hydrogen-bond acceptors (Lipinski definition) is 0. The normalized spacial score (nSPS) is 16.3. The van der Waals surface area contributed by atoms with Crippen LogP contribution in [0.3, 0.4) is 0 Å². The van der Waals surface area contributed by atoms with E-state index in [4.69, 9.17) is 0 Å². The zero-order valence-electron chi connectivity index (χ0n) is 15.0. The summed E-state index contributed by atoms with van der Waals surface area (Å²) in [5.41, 5.74) is 0. The molecule has 1 fully saturated rings. The van der Waals surface area contributed by atoms with Crippen LogP contribution in [0.25, 0.3) is 0 Å². The third-order valence-corrected chi connectivity index (χ3v) is 5.10. The van der Waals surface area contributed by atoms with E-state index in [2.05, 4.69) is 20.3 Å². The van der Waals surface area contributed by atoms with Gasteiger partial charge in [-0.2, -0.15) is 0 Å². The van der Waals surface area contributed by atoms with Crippen molar-refractivity contribution in [1.29, 1.82) is 0 Å². The highest BCUT2D eigenvalue weighted by atomic mass is 14.3. The molecule has 0 amide bonds. The maximum Gasteiger partial charge on any atom is -0.0355 e. The second-order valence-electron chi connectivity index (χ2n) is 7.42. The van der Waals surface area contributed by atoms with Crippen molar-refractivity contribution in [3.63, 3.8) is 0 Å². The molecule has 1 saturated carbocycles. The minimum absolute atomic E-state index is 0.934. The van der Waals surface area contributed by atoms with Gasteiger partial charge in [0.1, 0.15) is 0 Å². The molecule has 1 atom stereocenters. The van der Waals surface area contributed by atoms with E-state index in [1.807, 2.05) is 0 Å². The number of unbranched alkanes of at least 4 members (excludes halogenated alkanes) is 8. The smallest absolute Gasteiger partial charge is 0.0355 e. The Balaban J connectivity index is 1.94. The molecule has 0 aromatic rings. The lowest BCUT2D eigenvalue weighted by Crippen LogP contribution is -2.02. The summed E-state index contributed by atoms with van der Waals surface area (Å²) in [7, 11) is 0. The Morgan fingerprint density at radius 1 is 0.762 bits per heavy atom. The molecule has 1 unspecified atom stereocenters. The molecule has 0 aliphatic heterocycles. The van der Waals surface area contributed by atoms with Gasteiger partial charge in [-0.1, -0.05) is 117 Å². The van der Waals surface area contributed by atoms with Gasteiger partial charge in [0, 0.05) is 0 Å². The summed E-state index contributed by atoms with van der Waals surface area (Å²) in [5.74, 6) is 2.06. The van der Waals surface area contributed by atoms with Gasteiger partial charge < -0.3 is 0 Å². The largest absolute Gasteiger partial charge is 0.0654 e. The fraction of sp³-hybridized carbons (Fsp3) is 0.952. The Morgan fingerprint density at radius 2 is 1.38 bits per heavy atom. The van der Waals surface area contributed by atoms with Crippen molar-refractivity contribution >= 4 is 0 Å². The molecule has 0 N–H and O–H groups in total. The summed E-state index contributed by atoms with van der Waals surface area (Å²) in [6, 6.07) is 0. The Labute approximate surface area is 135 Å². The highest BCUT2D eigenvalue weighted by Gasteiger charge is 2.20. The van der Waals surface area contributed by atoms with Gasteiger partial charge in [-0.3, -0.25) is 0 Å². The standard InChI is InChI=1S/C21H41/c1-3-5-7-8-9-10-11-12-15-20(14-6-4-2)16-13-17-21-18-19-21/h14,20-21H,3-13,15-19H2,1-2H3. The molecule has 1 aliphatic carbocycles. The Kier molecular flexibility index (Phi) is 12.4. The van der Waals surface area contributed by atoms with E-state index in [1.54, 1.807) is 0 Å². The average molecular weight is 294 g/mol. The van der Waals surface area contributed by atoms with Crippen LogP contribution in [0.1, 0.15) is 117 Å². The van der Waals surface area contributed by atoms with Crippen LogP contribution in [0.15, 0.2) is 0 Å².